The highest BCUT2D eigenvalue weighted by Gasteiger charge is 2.16. The predicted octanol–water partition coefficient (Wildman–Crippen LogP) is 8.57. The summed E-state index contributed by atoms with van der Waals surface area (Å²) in [6.45, 7) is 3.79. The van der Waals surface area contributed by atoms with E-state index in [-0.39, 0.29) is 11.4 Å². The molecular formula is C27H39F3N2. The Morgan fingerprint density at radius 1 is 0.750 bits per heavy atom. The van der Waals surface area contributed by atoms with Crippen LogP contribution < -0.4 is 0 Å². The van der Waals surface area contributed by atoms with Crippen LogP contribution in [0, 0.1) is 11.6 Å². The van der Waals surface area contributed by atoms with Gasteiger partial charge in [-0.1, -0.05) is 70.8 Å². The SMILES string of the molecule is CCCCCCCCCCc1ccc(-c2ncc(CCCCCC(C)F)cn2)c(F)c1F. The zero-order valence-electron chi connectivity index (χ0n) is 19.8. The van der Waals surface area contributed by atoms with Crippen LogP contribution in [0.2, 0.25) is 0 Å². The highest BCUT2D eigenvalue weighted by atomic mass is 19.2. The molecule has 2 rings (SSSR count). The third-order valence-electron chi connectivity index (χ3n) is 5.98. The molecule has 0 fully saturated rings. The van der Waals surface area contributed by atoms with Crippen molar-refractivity contribution in [1.29, 1.82) is 0 Å². The van der Waals surface area contributed by atoms with E-state index in [0.29, 0.717) is 18.4 Å². The zero-order chi connectivity index (χ0) is 23.2. The summed E-state index contributed by atoms with van der Waals surface area (Å²) in [5.41, 5.74) is 1.48. The van der Waals surface area contributed by atoms with Gasteiger partial charge in [0.25, 0.3) is 0 Å². The molecule has 1 unspecified atom stereocenters. The van der Waals surface area contributed by atoms with Crippen LogP contribution in [0.15, 0.2) is 24.5 Å². The maximum Gasteiger partial charge on any atom is 0.170 e. The second-order valence-corrected chi connectivity index (χ2v) is 8.92. The van der Waals surface area contributed by atoms with E-state index in [4.69, 9.17) is 0 Å². The highest BCUT2D eigenvalue weighted by Crippen LogP contribution is 2.25. The van der Waals surface area contributed by atoms with Gasteiger partial charge in [0, 0.05) is 12.4 Å². The molecule has 1 aromatic carbocycles. The van der Waals surface area contributed by atoms with Crippen molar-refractivity contribution in [3.8, 4) is 11.4 Å². The lowest BCUT2D eigenvalue weighted by Crippen LogP contribution is -2.00. The van der Waals surface area contributed by atoms with Gasteiger partial charge in [-0.2, -0.15) is 0 Å². The van der Waals surface area contributed by atoms with Crippen molar-refractivity contribution in [2.24, 2.45) is 0 Å². The molecule has 0 N–H and O–H groups in total. The number of nitrogens with zero attached hydrogens (tertiary/aromatic N) is 2. The third kappa shape index (κ3) is 9.30. The highest BCUT2D eigenvalue weighted by molar-refractivity contribution is 5.56. The minimum absolute atomic E-state index is 0.102. The average Bonchev–Trinajstić information content (AvgIpc) is 2.78. The lowest BCUT2D eigenvalue weighted by atomic mass is 10.0. The maximum atomic E-state index is 14.7. The van der Waals surface area contributed by atoms with Gasteiger partial charge in [-0.25, -0.2) is 23.1 Å². The van der Waals surface area contributed by atoms with Gasteiger partial charge in [-0.3, -0.25) is 0 Å². The van der Waals surface area contributed by atoms with E-state index in [0.717, 1.165) is 50.5 Å². The summed E-state index contributed by atoms with van der Waals surface area (Å²) in [6.07, 6.45) is 16.7. The normalized spacial score (nSPS) is 12.3. The molecule has 0 bridgehead atoms. The lowest BCUT2D eigenvalue weighted by Gasteiger charge is -2.09. The molecule has 5 heteroatoms. The molecule has 1 atom stereocenters. The second-order valence-electron chi connectivity index (χ2n) is 8.92. The van der Waals surface area contributed by atoms with Gasteiger partial charge in [0.05, 0.1) is 11.7 Å². The molecule has 0 aliphatic rings. The Morgan fingerprint density at radius 3 is 2.00 bits per heavy atom. The van der Waals surface area contributed by atoms with Gasteiger partial charge < -0.3 is 0 Å². The Hall–Kier alpha value is -1.91. The molecule has 2 aromatic rings. The van der Waals surface area contributed by atoms with E-state index in [1.54, 1.807) is 31.5 Å². The number of alkyl halides is 1. The van der Waals surface area contributed by atoms with Crippen molar-refractivity contribution >= 4 is 0 Å². The van der Waals surface area contributed by atoms with Crippen molar-refractivity contribution in [2.75, 3.05) is 0 Å². The van der Waals surface area contributed by atoms with Crippen LogP contribution in [-0.2, 0) is 12.8 Å². The molecule has 178 valence electrons. The van der Waals surface area contributed by atoms with Gasteiger partial charge in [0.15, 0.2) is 17.5 Å². The summed E-state index contributed by atoms with van der Waals surface area (Å²) < 4.78 is 42.1. The van der Waals surface area contributed by atoms with Crippen LogP contribution >= 0.6 is 0 Å². The van der Waals surface area contributed by atoms with Crippen LogP contribution in [0.4, 0.5) is 13.2 Å². The average molecular weight is 449 g/mol. The fraction of sp³-hybridized carbons (Fsp3) is 0.630. The van der Waals surface area contributed by atoms with Gasteiger partial charge in [0.2, 0.25) is 0 Å². The molecular weight excluding hydrogens is 409 g/mol. The van der Waals surface area contributed by atoms with E-state index in [9.17, 15) is 13.2 Å². The summed E-state index contributed by atoms with van der Waals surface area (Å²) >= 11 is 0. The number of unbranched alkanes of at least 4 members (excludes halogenated alkanes) is 9. The van der Waals surface area contributed by atoms with Crippen LogP contribution in [0.5, 0.6) is 0 Å². The number of hydrogen-bond donors (Lipinski definition) is 0. The Bertz CT molecular complexity index is 775. The fourth-order valence-corrected chi connectivity index (χ4v) is 3.96. The van der Waals surface area contributed by atoms with Gasteiger partial charge in [0.1, 0.15) is 0 Å². The van der Waals surface area contributed by atoms with Gasteiger partial charge >= 0.3 is 0 Å². The molecule has 0 saturated heterocycles. The summed E-state index contributed by atoms with van der Waals surface area (Å²) in [7, 11) is 0. The van der Waals surface area contributed by atoms with Crippen molar-refractivity contribution in [1.82, 2.24) is 9.97 Å². The number of benzene rings is 1. The molecule has 0 aliphatic heterocycles. The summed E-state index contributed by atoms with van der Waals surface area (Å²) in [4.78, 5) is 8.49. The molecule has 1 aromatic heterocycles. The molecule has 0 radical (unpaired) electrons. The lowest BCUT2D eigenvalue weighted by molar-refractivity contribution is 0.330. The number of aromatic nitrogens is 2. The van der Waals surface area contributed by atoms with E-state index >= 15 is 0 Å². The predicted molar refractivity (Wildman–Crippen MR) is 126 cm³/mol. The Labute approximate surface area is 192 Å². The minimum Gasteiger partial charge on any atom is -0.248 e. The van der Waals surface area contributed by atoms with Crippen molar-refractivity contribution in [2.45, 2.75) is 110 Å². The quantitative estimate of drug-likeness (QED) is 0.240. The van der Waals surface area contributed by atoms with E-state index in [2.05, 4.69) is 16.9 Å². The Balaban J connectivity index is 1.81. The monoisotopic (exact) mass is 448 g/mol. The first-order chi connectivity index (χ1) is 15.5. The zero-order valence-corrected chi connectivity index (χ0v) is 19.8. The largest absolute Gasteiger partial charge is 0.248 e. The summed E-state index contributed by atoms with van der Waals surface area (Å²) in [5, 5.41) is 0. The van der Waals surface area contributed by atoms with E-state index in [1.165, 1.54) is 32.1 Å². The van der Waals surface area contributed by atoms with Crippen LogP contribution in [0.3, 0.4) is 0 Å². The number of aryl methyl sites for hydroxylation is 2. The molecule has 0 amide bonds. The first kappa shape index (κ1) is 26.3. The second kappa shape index (κ2) is 15.0. The first-order valence-corrected chi connectivity index (χ1v) is 12.4. The first-order valence-electron chi connectivity index (χ1n) is 12.4. The molecule has 0 saturated carbocycles. The minimum atomic E-state index is -0.866. The standard InChI is InChI=1S/C27H39F3N2/c1-3-4-5-6-7-8-9-13-16-23-17-18-24(26(30)25(23)29)27-31-19-22(20-32-27)15-12-10-11-14-21(2)28/h17-21H,3-16H2,1-2H3. The number of hydrogen-bond acceptors (Lipinski definition) is 2. The maximum absolute atomic E-state index is 14.7. The molecule has 0 aliphatic carbocycles. The van der Waals surface area contributed by atoms with E-state index < -0.39 is 17.8 Å². The number of halogens is 3. The Morgan fingerprint density at radius 2 is 1.34 bits per heavy atom. The van der Waals surface area contributed by atoms with Crippen LogP contribution in [0.1, 0.15) is 102 Å². The fourth-order valence-electron chi connectivity index (χ4n) is 3.96. The molecule has 1 heterocycles. The van der Waals surface area contributed by atoms with Crippen molar-refractivity contribution < 1.29 is 13.2 Å². The van der Waals surface area contributed by atoms with Crippen LogP contribution in [-0.4, -0.2) is 16.1 Å². The summed E-state index contributed by atoms with van der Waals surface area (Å²) in [6, 6.07) is 3.25. The number of rotatable bonds is 16. The van der Waals surface area contributed by atoms with Crippen molar-refractivity contribution in [3.05, 3.63) is 47.3 Å². The topological polar surface area (TPSA) is 25.8 Å². The van der Waals surface area contributed by atoms with E-state index in [1.807, 2.05) is 0 Å². The van der Waals surface area contributed by atoms with Gasteiger partial charge in [-0.05, 0) is 56.2 Å². The summed E-state index contributed by atoms with van der Waals surface area (Å²) in [5.74, 6) is -1.44. The molecule has 32 heavy (non-hydrogen) atoms. The van der Waals surface area contributed by atoms with Crippen LogP contribution in [0.25, 0.3) is 11.4 Å². The smallest absolute Gasteiger partial charge is 0.170 e. The Kier molecular flexibility index (Phi) is 12.4. The molecule has 2 nitrogen and oxygen atoms in total. The third-order valence-corrected chi connectivity index (χ3v) is 5.98. The van der Waals surface area contributed by atoms with Crippen molar-refractivity contribution in [3.63, 3.8) is 0 Å². The molecule has 0 spiro atoms. The van der Waals surface area contributed by atoms with Gasteiger partial charge in [-0.15, -0.1) is 0 Å².